The standard InChI is InChI=1S/C22H20INO/c1-16-7-9-17(10-8-16)21(24-20-13-11-19(23)12-14-20)15-22(25)18-5-3-2-4-6-18/h2-14,21,24H,15H2,1H3. The molecule has 3 aromatic rings. The van der Waals surface area contributed by atoms with Crippen LogP contribution >= 0.6 is 22.6 Å². The van der Waals surface area contributed by atoms with E-state index in [0.717, 1.165) is 16.8 Å². The fourth-order valence-electron chi connectivity index (χ4n) is 2.73. The molecule has 0 amide bonds. The molecule has 0 heterocycles. The highest BCUT2D eigenvalue weighted by molar-refractivity contribution is 14.1. The second-order valence-corrected chi connectivity index (χ2v) is 7.35. The van der Waals surface area contributed by atoms with Crippen LogP contribution in [0.15, 0.2) is 78.9 Å². The zero-order chi connectivity index (χ0) is 17.6. The van der Waals surface area contributed by atoms with Gasteiger partial charge in [-0.05, 0) is 59.3 Å². The minimum absolute atomic E-state index is 0.0617. The Morgan fingerprint density at radius 3 is 2.20 bits per heavy atom. The summed E-state index contributed by atoms with van der Waals surface area (Å²) >= 11 is 2.29. The largest absolute Gasteiger partial charge is 0.378 e. The first-order valence-corrected chi connectivity index (χ1v) is 9.36. The molecule has 0 bridgehead atoms. The van der Waals surface area contributed by atoms with Crippen molar-refractivity contribution in [1.82, 2.24) is 0 Å². The molecule has 0 aliphatic carbocycles. The number of carbonyl (C=O) groups is 1. The second kappa shape index (κ2) is 8.30. The van der Waals surface area contributed by atoms with Crippen LogP contribution in [0.5, 0.6) is 0 Å². The molecule has 2 nitrogen and oxygen atoms in total. The first-order chi connectivity index (χ1) is 12.1. The van der Waals surface area contributed by atoms with E-state index in [2.05, 4.69) is 83.4 Å². The van der Waals surface area contributed by atoms with E-state index in [1.165, 1.54) is 9.13 Å². The minimum Gasteiger partial charge on any atom is -0.378 e. The quantitative estimate of drug-likeness (QED) is 0.374. The smallest absolute Gasteiger partial charge is 0.165 e. The fourth-order valence-corrected chi connectivity index (χ4v) is 3.09. The lowest BCUT2D eigenvalue weighted by Gasteiger charge is -2.20. The van der Waals surface area contributed by atoms with Gasteiger partial charge in [0.2, 0.25) is 0 Å². The first-order valence-electron chi connectivity index (χ1n) is 8.29. The number of benzene rings is 3. The number of hydrogen-bond acceptors (Lipinski definition) is 2. The average Bonchev–Trinajstić information content (AvgIpc) is 2.64. The van der Waals surface area contributed by atoms with Crippen molar-refractivity contribution < 1.29 is 4.79 Å². The third-order valence-electron chi connectivity index (χ3n) is 4.15. The maximum atomic E-state index is 12.7. The van der Waals surface area contributed by atoms with Crippen LogP contribution in [0, 0.1) is 10.5 Å². The van der Waals surface area contributed by atoms with E-state index in [-0.39, 0.29) is 11.8 Å². The lowest BCUT2D eigenvalue weighted by atomic mass is 9.97. The van der Waals surface area contributed by atoms with Crippen LogP contribution in [-0.4, -0.2) is 5.78 Å². The van der Waals surface area contributed by atoms with Gasteiger partial charge in [-0.15, -0.1) is 0 Å². The molecule has 3 rings (SSSR count). The number of nitrogens with one attached hydrogen (secondary N) is 1. The maximum Gasteiger partial charge on any atom is 0.165 e. The Labute approximate surface area is 162 Å². The molecule has 0 saturated carbocycles. The molecule has 0 spiro atoms. The Morgan fingerprint density at radius 1 is 0.920 bits per heavy atom. The predicted octanol–water partition coefficient (Wildman–Crippen LogP) is 6.03. The summed E-state index contributed by atoms with van der Waals surface area (Å²) < 4.78 is 1.19. The van der Waals surface area contributed by atoms with Crippen molar-refractivity contribution in [1.29, 1.82) is 0 Å². The van der Waals surface area contributed by atoms with E-state index in [1.807, 2.05) is 30.3 Å². The summed E-state index contributed by atoms with van der Waals surface area (Å²) in [5, 5.41) is 3.52. The highest BCUT2D eigenvalue weighted by atomic mass is 127. The van der Waals surface area contributed by atoms with Crippen LogP contribution in [0.2, 0.25) is 0 Å². The van der Waals surface area contributed by atoms with E-state index in [0.29, 0.717) is 6.42 Å². The van der Waals surface area contributed by atoms with Gasteiger partial charge in [0.05, 0.1) is 6.04 Å². The van der Waals surface area contributed by atoms with E-state index in [1.54, 1.807) is 0 Å². The number of carbonyl (C=O) groups excluding carboxylic acids is 1. The molecule has 126 valence electrons. The summed E-state index contributed by atoms with van der Waals surface area (Å²) in [6, 6.07) is 26.0. The minimum atomic E-state index is -0.0617. The summed E-state index contributed by atoms with van der Waals surface area (Å²) in [4.78, 5) is 12.7. The Hall–Kier alpha value is -2.14. The lowest BCUT2D eigenvalue weighted by molar-refractivity contribution is 0.0976. The number of hydrogen-bond donors (Lipinski definition) is 1. The van der Waals surface area contributed by atoms with Crippen molar-refractivity contribution >= 4 is 34.1 Å². The molecule has 0 saturated heterocycles. The second-order valence-electron chi connectivity index (χ2n) is 6.11. The summed E-state index contributed by atoms with van der Waals surface area (Å²) in [6.45, 7) is 2.07. The fraction of sp³-hybridized carbons (Fsp3) is 0.136. The average molecular weight is 441 g/mol. The normalized spacial score (nSPS) is 11.8. The highest BCUT2D eigenvalue weighted by Gasteiger charge is 2.17. The van der Waals surface area contributed by atoms with Crippen LogP contribution in [0.1, 0.15) is 33.9 Å². The number of ketones is 1. The summed E-state index contributed by atoms with van der Waals surface area (Å²) in [7, 11) is 0. The summed E-state index contributed by atoms with van der Waals surface area (Å²) in [5.41, 5.74) is 4.11. The highest BCUT2D eigenvalue weighted by Crippen LogP contribution is 2.25. The van der Waals surface area contributed by atoms with Crippen LogP contribution in [0.25, 0.3) is 0 Å². The van der Waals surface area contributed by atoms with Crippen molar-refractivity contribution in [2.24, 2.45) is 0 Å². The number of anilines is 1. The first kappa shape index (κ1) is 17.7. The topological polar surface area (TPSA) is 29.1 Å². The Bertz CT molecular complexity index is 826. The molecule has 0 fully saturated rings. The SMILES string of the molecule is Cc1ccc(C(CC(=O)c2ccccc2)Nc2ccc(I)cc2)cc1. The molecule has 25 heavy (non-hydrogen) atoms. The molecule has 3 heteroatoms. The lowest BCUT2D eigenvalue weighted by Crippen LogP contribution is -2.16. The molecule has 3 aromatic carbocycles. The van der Waals surface area contributed by atoms with Crippen molar-refractivity contribution in [3.05, 3.63) is 99.1 Å². The van der Waals surface area contributed by atoms with Crippen molar-refractivity contribution in [2.75, 3.05) is 5.32 Å². The molecular weight excluding hydrogens is 421 g/mol. The molecule has 0 aliphatic rings. The van der Waals surface area contributed by atoms with Crippen LogP contribution in [-0.2, 0) is 0 Å². The van der Waals surface area contributed by atoms with Gasteiger partial charge >= 0.3 is 0 Å². The van der Waals surface area contributed by atoms with Crippen LogP contribution in [0.3, 0.4) is 0 Å². The molecule has 0 radical (unpaired) electrons. The molecular formula is C22H20INO. The molecule has 0 aromatic heterocycles. The van der Waals surface area contributed by atoms with E-state index < -0.39 is 0 Å². The molecule has 1 atom stereocenters. The Balaban J connectivity index is 1.84. The number of halogens is 1. The third kappa shape index (κ3) is 4.92. The zero-order valence-corrected chi connectivity index (χ0v) is 16.2. The van der Waals surface area contributed by atoms with Gasteiger partial charge in [-0.2, -0.15) is 0 Å². The molecule has 0 aliphatic heterocycles. The van der Waals surface area contributed by atoms with E-state index in [9.17, 15) is 4.79 Å². The van der Waals surface area contributed by atoms with Gasteiger partial charge in [0, 0.05) is 21.2 Å². The van der Waals surface area contributed by atoms with Crippen LogP contribution in [0.4, 0.5) is 5.69 Å². The van der Waals surface area contributed by atoms with Gasteiger partial charge in [-0.3, -0.25) is 4.79 Å². The molecule has 1 unspecified atom stereocenters. The van der Waals surface area contributed by atoms with E-state index >= 15 is 0 Å². The number of aryl methyl sites for hydroxylation is 1. The summed E-state index contributed by atoms with van der Waals surface area (Å²) in [6.07, 6.45) is 0.416. The maximum absolute atomic E-state index is 12.7. The Morgan fingerprint density at radius 2 is 1.56 bits per heavy atom. The third-order valence-corrected chi connectivity index (χ3v) is 4.87. The van der Waals surface area contributed by atoms with Gasteiger partial charge in [-0.1, -0.05) is 60.2 Å². The predicted molar refractivity (Wildman–Crippen MR) is 112 cm³/mol. The molecule has 1 N–H and O–H groups in total. The van der Waals surface area contributed by atoms with Gasteiger partial charge in [0.15, 0.2) is 5.78 Å². The van der Waals surface area contributed by atoms with Crippen LogP contribution < -0.4 is 5.32 Å². The van der Waals surface area contributed by atoms with Crippen molar-refractivity contribution in [3.63, 3.8) is 0 Å². The monoisotopic (exact) mass is 441 g/mol. The number of Topliss-reactive ketones (excluding diaryl/α,β-unsaturated/α-hetero) is 1. The van der Waals surface area contributed by atoms with Crippen molar-refractivity contribution in [2.45, 2.75) is 19.4 Å². The summed E-state index contributed by atoms with van der Waals surface area (Å²) in [5.74, 6) is 0.143. The van der Waals surface area contributed by atoms with Gasteiger partial charge in [0.25, 0.3) is 0 Å². The van der Waals surface area contributed by atoms with Crippen molar-refractivity contribution in [3.8, 4) is 0 Å². The van der Waals surface area contributed by atoms with Gasteiger partial charge < -0.3 is 5.32 Å². The van der Waals surface area contributed by atoms with Gasteiger partial charge in [0.1, 0.15) is 0 Å². The Kier molecular flexibility index (Phi) is 5.87. The van der Waals surface area contributed by atoms with E-state index in [4.69, 9.17) is 0 Å². The number of rotatable bonds is 6. The zero-order valence-electron chi connectivity index (χ0n) is 14.1. The van der Waals surface area contributed by atoms with Gasteiger partial charge in [-0.25, -0.2) is 0 Å².